The second kappa shape index (κ2) is 11.9. The molecule has 0 spiro atoms. The number of furan rings is 1. The summed E-state index contributed by atoms with van der Waals surface area (Å²) >= 11 is 0. The van der Waals surface area contributed by atoms with E-state index in [0.717, 1.165) is 40.3 Å². The Morgan fingerprint density at radius 3 is 2.67 bits per heavy atom. The molecule has 1 N–H and O–H groups in total. The normalized spacial score (nSPS) is 13.4. The van der Waals surface area contributed by atoms with Crippen LogP contribution < -0.4 is 5.32 Å². The van der Waals surface area contributed by atoms with E-state index in [1.165, 1.54) is 0 Å². The molecule has 0 saturated carbocycles. The lowest BCUT2D eigenvalue weighted by molar-refractivity contribution is -0.144. The number of alkyl carbamates (subject to hydrolysis) is 1. The van der Waals surface area contributed by atoms with Crippen LogP contribution in [0.3, 0.4) is 0 Å². The number of aryl methyl sites for hydroxylation is 1. The topological polar surface area (TPSA) is 77.8 Å². The van der Waals surface area contributed by atoms with Gasteiger partial charge < -0.3 is 19.2 Å². The van der Waals surface area contributed by atoms with Crippen LogP contribution in [0.5, 0.6) is 0 Å². The molecule has 2 aromatic carbocycles. The van der Waals surface area contributed by atoms with Crippen molar-refractivity contribution in [3.8, 4) is 0 Å². The lowest BCUT2D eigenvalue weighted by atomic mass is 10.00. The Kier molecular flexibility index (Phi) is 8.70. The molecule has 0 aliphatic carbocycles. The maximum Gasteiger partial charge on any atom is 0.408 e. The van der Waals surface area contributed by atoms with E-state index in [1.54, 1.807) is 19.5 Å². The first-order valence-corrected chi connectivity index (χ1v) is 11.3. The Morgan fingerprint density at radius 1 is 1.12 bits per heavy atom. The van der Waals surface area contributed by atoms with Crippen molar-refractivity contribution in [1.29, 1.82) is 0 Å². The molecule has 1 aromatic heterocycles. The van der Waals surface area contributed by atoms with E-state index in [2.05, 4.69) is 5.32 Å². The molecule has 0 aliphatic heterocycles. The van der Waals surface area contributed by atoms with Gasteiger partial charge in [0.25, 0.3) is 0 Å². The van der Waals surface area contributed by atoms with Crippen molar-refractivity contribution in [2.24, 2.45) is 0 Å². The van der Waals surface area contributed by atoms with Gasteiger partial charge >= 0.3 is 12.1 Å². The number of carbonyl (C=O) groups is 2. The predicted molar refractivity (Wildman–Crippen MR) is 128 cm³/mol. The van der Waals surface area contributed by atoms with Crippen LogP contribution in [-0.4, -0.2) is 24.8 Å². The SMILES string of the molecule is CCOC(=O)C[C@@H](OC(=O)N[C@@H](C)c1cccc2ccccc12)/C(C)=C/CCc1ccoc1. The number of hydrogen-bond donors (Lipinski definition) is 1. The van der Waals surface area contributed by atoms with Crippen molar-refractivity contribution in [3.63, 3.8) is 0 Å². The van der Waals surface area contributed by atoms with Crippen LogP contribution in [0, 0.1) is 0 Å². The van der Waals surface area contributed by atoms with Crippen LogP contribution in [0.15, 0.2) is 77.1 Å². The van der Waals surface area contributed by atoms with Crippen LogP contribution in [0.2, 0.25) is 0 Å². The highest BCUT2D eigenvalue weighted by atomic mass is 16.6. The number of benzene rings is 2. The largest absolute Gasteiger partial charge is 0.472 e. The number of allylic oxidation sites excluding steroid dienone is 1. The molecule has 2 atom stereocenters. The van der Waals surface area contributed by atoms with Gasteiger partial charge in [0.2, 0.25) is 0 Å². The average Bonchev–Trinajstić information content (AvgIpc) is 3.31. The molecule has 1 amide bonds. The van der Waals surface area contributed by atoms with Crippen LogP contribution in [0.25, 0.3) is 10.8 Å². The molecule has 6 heteroatoms. The summed E-state index contributed by atoms with van der Waals surface area (Å²) in [5.74, 6) is -0.403. The van der Waals surface area contributed by atoms with Gasteiger partial charge in [0, 0.05) is 0 Å². The molecular formula is C27H31NO5. The molecule has 0 bridgehead atoms. The summed E-state index contributed by atoms with van der Waals surface area (Å²) in [4.78, 5) is 24.9. The molecule has 1 heterocycles. The lowest BCUT2D eigenvalue weighted by Gasteiger charge is -2.21. The zero-order valence-corrected chi connectivity index (χ0v) is 19.4. The highest BCUT2D eigenvalue weighted by Crippen LogP contribution is 2.24. The second-order valence-electron chi connectivity index (χ2n) is 7.96. The van der Waals surface area contributed by atoms with Gasteiger partial charge in [-0.15, -0.1) is 0 Å². The number of ether oxygens (including phenoxy) is 2. The van der Waals surface area contributed by atoms with Crippen molar-refractivity contribution >= 4 is 22.8 Å². The number of nitrogens with one attached hydrogen (secondary N) is 1. The Morgan fingerprint density at radius 2 is 1.91 bits per heavy atom. The fourth-order valence-corrected chi connectivity index (χ4v) is 3.75. The summed E-state index contributed by atoms with van der Waals surface area (Å²) < 4.78 is 15.9. The summed E-state index contributed by atoms with van der Waals surface area (Å²) in [6.07, 6.45) is 5.56. The van der Waals surface area contributed by atoms with Crippen molar-refractivity contribution in [2.75, 3.05) is 6.61 Å². The van der Waals surface area contributed by atoms with Crippen LogP contribution in [-0.2, 0) is 20.7 Å². The van der Waals surface area contributed by atoms with Gasteiger partial charge in [0.1, 0.15) is 6.10 Å². The van der Waals surface area contributed by atoms with Crippen molar-refractivity contribution < 1.29 is 23.5 Å². The van der Waals surface area contributed by atoms with Gasteiger partial charge in [-0.2, -0.15) is 0 Å². The molecule has 3 rings (SSSR count). The summed E-state index contributed by atoms with van der Waals surface area (Å²) in [5, 5.41) is 5.08. The molecule has 0 radical (unpaired) electrons. The fraction of sp³-hybridized carbons (Fsp3) is 0.333. The summed E-state index contributed by atoms with van der Waals surface area (Å²) in [5.41, 5.74) is 2.89. The third-order valence-corrected chi connectivity index (χ3v) is 5.52. The highest BCUT2D eigenvalue weighted by Gasteiger charge is 2.22. The minimum atomic E-state index is -0.701. The number of rotatable bonds is 10. The first-order chi connectivity index (χ1) is 16.0. The maximum absolute atomic E-state index is 12.8. The number of carbonyl (C=O) groups excluding carboxylic acids is 2. The second-order valence-corrected chi connectivity index (χ2v) is 7.96. The van der Waals surface area contributed by atoms with E-state index in [-0.39, 0.29) is 19.1 Å². The van der Waals surface area contributed by atoms with E-state index in [0.29, 0.717) is 0 Å². The van der Waals surface area contributed by atoms with E-state index < -0.39 is 18.2 Å². The van der Waals surface area contributed by atoms with Crippen molar-refractivity contribution in [1.82, 2.24) is 5.32 Å². The average molecular weight is 450 g/mol. The Hall–Kier alpha value is -3.54. The van der Waals surface area contributed by atoms with Gasteiger partial charge in [-0.05, 0) is 67.2 Å². The van der Waals surface area contributed by atoms with Crippen LogP contribution >= 0.6 is 0 Å². The molecule has 3 aromatic rings. The fourth-order valence-electron chi connectivity index (χ4n) is 3.75. The molecular weight excluding hydrogens is 418 g/mol. The minimum absolute atomic E-state index is 0.0298. The molecule has 0 fully saturated rings. The van der Waals surface area contributed by atoms with Gasteiger partial charge in [-0.1, -0.05) is 48.5 Å². The standard InChI is InChI=1S/C27H31NO5/c1-4-32-26(29)17-25(19(2)9-7-10-21-15-16-31-18-21)33-27(30)28-20(3)23-14-8-12-22-11-5-6-13-24(22)23/h5-6,8-9,11-16,18,20,25H,4,7,10,17H2,1-3H3,(H,28,30)/b19-9+/t20-,25+/m0/s1. The number of amides is 1. The Balaban J connectivity index is 1.67. The zero-order valence-electron chi connectivity index (χ0n) is 19.4. The molecule has 0 unspecified atom stereocenters. The molecule has 6 nitrogen and oxygen atoms in total. The lowest BCUT2D eigenvalue weighted by Crippen LogP contribution is -2.33. The van der Waals surface area contributed by atoms with Gasteiger partial charge in [-0.25, -0.2) is 4.79 Å². The molecule has 0 aliphatic rings. The Bertz CT molecular complexity index is 1080. The summed E-state index contributed by atoms with van der Waals surface area (Å²) in [6.45, 7) is 5.80. The first-order valence-electron chi connectivity index (χ1n) is 11.3. The van der Waals surface area contributed by atoms with E-state index in [1.807, 2.05) is 68.5 Å². The van der Waals surface area contributed by atoms with E-state index >= 15 is 0 Å². The van der Waals surface area contributed by atoms with Crippen LogP contribution in [0.1, 0.15) is 50.8 Å². The zero-order chi connectivity index (χ0) is 23.6. The van der Waals surface area contributed by atoms with Gasteiger partial charge in [0.05, 0.1) is 31.6 Å². The predicted octanol–water partition coefficient (Wildman–Crippen LogP) is 6.12. The molecule has 174 valence electrons. The Labute approximate surface area is 194 Å². The quantitative estimate of drug-likeness (QED) is 0.298. The van der Waals surface area contributed by atoms with Gasteiger partial charge in [-0.3, -0.25) is 4.79 Å². The first kappa shape index (κ1) is 24.1. The van der Waals surface area contributed by atoms with Crippen molar-refractivity contribution in [3.05, 3.63) is 83.8 Å². The van der Waals surface area contributed by atoms with E-state index in [9.17, 15) is 9.59 Å². The number of fused-ring (bicyclic) bond motifs is 1. The third kappa shape index (κ3) is 6.97. The summed E-state index contributed by atoms with van der Waals surface area (Å²) in [7, 11) is 0. The van der Waals surface area contributed by atoms with Crippen LogP contribution in [0.4, 0.5) is 4.79 Å². The van der Waals surface area contributed by atoms with E-state index in [4.69, 9.17) is 13.9 Å². The van der Waals surface area contributed by atoms with Crippen molar-refractivity contribution in [2.45, 2.75) is 52.2 Å². The maximum atomic E-state index is 12.8. The highest BCUT2D eigenvalue weighted by molar-refractivity contribution is 5.86. The summed E-state index contributed by atoms with van der Waals surface area (Å²) in [6, 6.07) is 15.7. The number of esters is 1. The molecule has 33 heavy (non-hydrogen) atoms. The smallest absolute Gasteiger partial charge is 0.408 e. The monoisotopic (exact) mass is 449 g/mol. The molecule has 0 saturated heterocycles. The minimum Gasteiger partial charge on any atom is -0.472 e. The third-order valence-electron chi connectivity index (χ3n) is 5.52. The number of hydrogen-bond acceptors (Lipinski definition) is 5. The van der Waals surface area contributed by atoms with Gasteiger partial charge in [0.15, 0.2) is 0 Å².